The molecule has 34 heavy (non-hydrogen) atoms. The third-order valence-electron chi connectivity index (χ3n) is 7.32. The maximum absolute atomic E-state index is 12.8. The highest BCUT2D eigenvalue weighted by molar-refractivity contribution is 7.20. The number of fused-ring (bicyclic) bond motifs is 1. The molecule has 7 nitrogen and oxygen atoms in total. The van der Waals surface area contributed by atoms with E-state index in [2.05, 4.69) is 46.7 Å². The van der Waals surface area contributed by atoms with Crippen molar-refractivity contribution in [1.29, 1.82) is 0 Å². The van der Waals surface area contributed by atoms with E-state index in [0.29, 0.717) is 23.2 Å². The Bertz CT molecular complexity index is 1180. The Labute approximate surface area is 205 Å². The van der Waals surface area contributed by atoms with Crippen LogP contribution in [-0.2, 0) is 4.74 Å². The lowest BCUT2D eigenvalue weighted by molar-refractivity contribution is 0.0603. The lowest BCUT2D eigenvalue weighted by Crippen LogP contribution is -2.26. The first-order chi connectivity index (χ1) is 16.5. The molecule has 1 aliphatic carbocycles. The second-order valence-electron chi connectivity index (χ2n) is 10.0. The number of nitrogens with two attached hydrogens (primary N) is 1. The van der Waals surface area contributed by atoms with Gasteiger partial charge in [-0.25, -0.2) is 9.78 Å². The molecule has 1 atom stereocenters. The van der Waals surface area contributed by atoms with Crippen LogP contribution in [0.1, 0.15) is 54.9 Å². The van der Waals surface area contributed by atoms with Gasteiger partial charge in [-0.05, 0) is 57.0 Å². The van der Waals surface area contributed by atoms with Crippen molar-refractivity contribution >= 4 is 39.0 Å². The van der Waals surface area contributed by atoms with Crippen molar-refractivity contribution in [1.82, 2.24) is 14.5 Å². The van der Waals surface area contributed by atoms with E-state index in [4.69, 9.17) is 15.5 Å². The number of ether oxygens (including phenoxy) is 1. The summed E-state index contributed by atoms with van der Waals surface area (Å²) in [5.41, 5.74) is 10.8. The van der Waals surface area contributed by atoms with Gasteiger partial charge < -0.3 is 24.8 Å². The van der Waals surface area contributed by atoms with Gasteiger partial charge >= 0.3 is 5.97 Å². The number of aromatic nitrogens is 2. The second kappa shape index (κ2) is 9.58. The molecule has 1 aliphatic heterocycles. The largest absolute Gasteiger partial charge is 0.465 e. The van der Waals surface area contributed by atoms with Gasteiger partial charge in [0.2, 0.25) is 0 Å². The van der Waals surface area contributed by atoms with Crippen LogP contribution in [-0.4, -0.2) is 61.3 Å². The molecule has 0 amide bonds. The summed E-state index contributed by atoms with van der Waals surface area (Å²) >= 11 is 1.60. The molecule has 3 heterocycles. The third-order valence-corrected chi connectivity index (χ3v) is 8.63. The van der Waals surface area contributed by atoms with Gasteiger partial charge in [0.05, 0.1) is 35.0 Å². The van der Waals surface area contributed by atoms with Crippen LogP contribution in [0.4, 0.5) is 10.7 Å². The summed E-state index contributed by atoms with van der Waals surface area (Å²) in [4.78, 5) is 22.9. The first kappa shape index (κ1) is 23.2. The molecule has 0 spiro atoms. The summed E-state index contributed by atoms with van der Waals surface area (Å²) in [5, 5.41) is 0.924. The Hall–Kier alpha value is -2.58. The first-order valence-corrected chi connectivity index (χ1v) is 13.1. The summed E-state index contributed by atoms with van der Waals surface area (Å²) in [5.74, 6) is 0.209. The molecular weight excluding hydrogens is 446 g/mol. The molecule has 1 unspecified atom stereocenters. The van der Waals surface area contributed by atoms with Gasteiger partial charge in [0.15, 0.2) is 0 Å². The van der Waals surface area contributed by atoms with E-state index < -0.39 is 0 Å². The Morgan fingerprint density at radius 3 is 2.76 bits per heavy atom. The standard InChI is InChI=1S/C26H35N5O2S/c1-29(2)14-17-11-12-30(15-17)25-22(26(32)33-3)23(27)24(34-25)18-9-10-21-20(13-18)28-16-31(21)19-7-5-4-6-8-19/h9-10,13,16-17,19H,4-8,11-12,14-15,27H2,1-3H3. The van der Waals surface area contributed by atoms with Crippen molar-refractivity contribution in [3.8, 4) is 10.4 Å². The van der Waals surface area contributed by atoms with E-state index in [1.165, 1.54) is 44.7 Å². The normalized spacial score (nSPS) is 19.4. The molecule has 2 N–H and O–H groups in total. The van der Waals surface area contributed by atoms with Crippen LogP contribution in [0.5, 0.6) is 0 Å². The van der Waals surface area contributed by atoms with Crippen molar-refractivity contribution in [2.24, 2.45) is 5.92 Å². The molecule has 8 heteroatoms. The molecule has 1 saturated carbocycles. The molecular formula is C26H35N5O2S. The van der Waals surface area contributed by atoms with Crippen molar-refractivity contribution in [3.63, 3.8) is 0 Å². The van der Waals surface area contributed by atoms with Gasteiger partial charge in [-0.3, -0.25) is 0 Å². The van der Waals surface area contributed by atoms with Gasteiger partial charge in [-0.15, -0.1) is 11.3 Å². The number of benzene rings is 1. The van der Waals surface area contributed by atoms with Gasteiger partial charge in [-0.2, -0.15) is 0 Å². The summed E-state index contributed by atoms with van der Waals surface area (Å²) in [7, 11) is 5.64. The summed E-state index contributed by atoms with van der Waals surface area (Å²) in [6.07, 6.45) is 9.46. The average molecular weight is 482 g/mol. The number of hydrogen-bond donors (Lipinski definition) is 1. The molecule has 2 fully saturated rings. The molecule has 3 aromatic rings. The first-order valence-electron chi connectivity index (χ1n) is 12.3. The Kier molecular flexibility index (Phi) is 6.53. The number of hydrogen-bond acceptors (Lipinski definition) is 7. The Morgan fingerprint density at radius 1 is 1.24 bits per heavy atom. The number of methoxy groups -OCH3 is 1. The number of nitrogens with zero attached hydrogens (tertiary/aromatic N) is 4. The number of nitrogen functional groups attached to an aromatic ring is 1. The van der Waals surface area contributed by atoms with E-state index in [1.807, 2.05) is 6.33 Å². The van der Waals surface area contributed by atoms with Crippen LogP contribution in [0, 0.1) is 5.92 Å². The van der Waals surface area contributed by atoms with Crippen molar-refractivity contribution < 1.29 is 9.53 Å². The Morgan fingerprint density at radius 2 is 2.03 bits per heavy atom. The maximum atomic E-state index is 12.8. The number of thiophene rings is 1. The number of carbonyl (C=O) groups excluding carboxylic acids is 1. The van der Waals surface area contributed by atoms with Gasteiger partial charge in [0.25, 0.3) is 0 Å². The second-order valence-corrected chi connectivity index (χ2v) is 11.0. The van der Waals surface area contributed by atoms with E-state index in [0.717, 1.165) is 47.0 Å². The number of rotatable bonds is 6. The minimum absolute atomic E-state index is 0.367. The zero-order chi connectivity index (χ0) is 23.8. The fourth-order valence-corrected chi connectivity index (χ4v) is 6.91. The topological polar surface area (TPSA) is 76.6 Å². The molecule has 0 bridgehead atoms. The van der Waals surface area contributed by atoms with Gasteiger partial charge in [0.1, 0.15) is 10.6 Å². The highest BCUT2D eigenvalue weighted by Crippen LogP contribution is 2.46. The van der Waals surface area contributed by atoms with Crippen molar-refractivity contribution in [2.75, 3.05) is 51.5 Å². The summed E-state index contributed by atoms with van der Waals surface area (Å²) in [6.45, 7) is 2.89. The monoisotopic (exact) mass is 481 g/mol. The fraction of sp³-hybridized carbons (Fsp3) is 0.538. The maximum Gasteiger partial charge on any atom is 0.343 e. The number of anilines is 2. The Balaban J connectivity index is 1.49. The highest BCUT2D eigenvalue weighted by Gasteiger charge is 2.31. The highest BCUT2D eigenvalue weighted by atomic mass is 32.1. The predicted octanol–water partition coefficient (Wildman–Crippen LogP) is 5.03. The quantitative estimate of drug-likeness (QED) is 0.498. The number of imidazole rings is 1. The third kappa shape index (κ3) is 4.29. The van der Waals surface area contributed by atoms with Gasteiger partial charge in [0, 0.05) is 25.7 Å². The molecule has 0 radical (unpaired) electrons. The fourth-order valence-electron chi connectivity index (χ4n) is 5.67. The lowest BCUT2D eigenvalue weighted by Gasteiger charge is -2.23. The van der Waals surface area contributed by atoms with Gasteiger partial charge in [-0.1, -0.05) is 25.3 Å². The minimum Gasteiger partial charge on any atom is -0.465 e. The SMILES string of the molecule is COC(=O)c1c(N2CCC(CN(C)C)C2)sc(-c2ccc3c(c2)ncn3C2CCCCC2)c1N. The number of carbonyl (C=O) groups is 1. The van der Waals surface area contributed by atoms with E-state index in [-0.39, 0.29) is 5.97 Å². The van der Waals surface area contributed by atoms with Crippen LogP contribution in [0.3, 0.4) is 0 Å². The molecule has 2 aliphatic rings. The van der Waals surface area contributed by atoms with E-state index in [1.54, 1.807) is 11.3 Å². The smallest absolute Gasteiger partial charge is 0.343 e. The lowest BCUT2D eigenvalue weighted by atomic mass is 9.95. The molecule has 1 aromatic carbocycles. The zero-order valence-electron chi connectivity index (χ0n) is 20.4. The summed E-state index contributed by atoms with van der Waals surface area (Å²) in [6, 6.07) is 6.93. The van der Waals surface area contributed by atoms with E-state index >= 15 is 0 Å². The molecule has 2 aromatic heterocycles. The van der Waals surface area contributed by atoms with Crippen LogP contribution >= 0.6 is 11.3 Å². The van der Waals surface area contributed by atoms with Crippen LogP contribution in [0.2, 0.25) is 0 Å². The average Bonchev–Trinajstić information content (AvgIpc) is 3.55. The summed E-state index contributed by atoms with van der Waals surface area (Å²) < 4.78 is 7.48. The van der Waals surface area contributed by atoms with Crippen molar-refractivity contribution in [3.05, 3.63) is 30.1 Å². The van der Waals surface area contributed by atoms with Crippen LogP contribution in [0.25, 0.3) is 21.5 Å². The zero-order valence-corrected chi connectivity index (χ0v) is 21.2. The van der Waals surface area contributed by atoms with Crippen LogP contribution < -0.4 is 10.6 Å². The molecule has 182 valence electrons. The molecule has 1 saturated heterocycles. The molecule has 5 rings (SSSR count). The number of esters is 1. The van der Waals surface area contributed by atoms with Crippen molar-refractivity contribution in [2.45, 2.75) is 44.6 Å². The predicted molar refractivity (Wildman–Crippen MR) is 140 cm³/mol. The van der Waals surface area contributed by atoms with Crippen LogP contribution in [0.15, 0.2) is 24.5 Å². The van der Waals surface area contributed by atoms with E-state index in [9.17, 15) is 4.79 Å². The minimum atomic E-state index is -0.367.